The Bertz CT molecular complexity index is 702. The fraction of sp³-hybridized carbons (Fsp3) is 0.500. The summed E-state index contributed by atoms with van der Waals surface area (Å²) in [7, 11) is -3.16. The zero-order valence-corrected chi connectivity index (χ0v) is 14.6. The predicted octanol–water partition coefficient (Wildman–Crippen LogP) is 0.234. The second-order valence-electron chi connectivity index (χ2n) is 5.74. The summed E-state index contributed by atoms with van der Waals surface area (Å²) in [4.78, 5) is 22.2. The standard InChI is InChI=1S/C16H22N2O6S/c19-15(7-10-18-9-1-11-25(18,22)23)17-8-6-13-2-4-14(5-3-13)24-12-16(20)21/h2-5H,1,6-12H2,(H,17,19)(H,20,21). The van der Waals surface area contributed by atoms with E-state index >= 15 is 0 Å². The second-order valence-corrected chi connectivity index (χ2v) is 7.83. The van der Waals surface area contributed by atoms with Gasteiger partial charge in [0.1, 0.15) is 5.75 Å². The Kier molecular flexibility index (Phi) is 6.77. The van der Waals surface area contributed by atoms with Crippen molar-refractivity contribution in [1.29, 1.82) is 0 Å². The molecule has 1 aliphatic rings. The Morgan fingerprint density at radius 3 is 2.56 bits per heavy atom. The van der Waals surface area contributed by atoms with E-state index in [4.69, 9.17) is 9.84 Å². The summed E-state index contributed by atoms with van der Waals surface area (Å²) >= 11 is 0. The number of carbonyl (C=O) groups is 2. The van der Waals surface area contributed by atoms with E-state index in [1.165, 1.54) is 4.31 Å². The first-order valence-corrected chi connectivity index (χ1v) is 9.66. The Balaban J connectivity index is 1.66. The molecule has 0 bridgehead atoms. The van der Waals surface area contributed by atoms with Gasteiger partial charge in [0.15, 0.2) is 6.61 Å². The molecule has 1 aromatic rings. The number of ether oxygens (including phenoxy) is 1. The number of aliphatic carboxylic acids is 1. The van der Waals surface area contributed by atoms with Gasteiger partial charge in [-0.2, -0.15) is 0 Å². The van der Waals surface area contributed by atoms with Gasteiger partial charge in [-0.05, 0) is 30.5 Å². The van der Waals surface area contributed by atoms with E-state index in [0.717, 1.165) is 5.56 Å². The minimum absolute atomic E-state index is 0.154. The van der Waals surface area contributed by atoms with Gasteiger partial charge in [0.25, 0.3) is 0 Å². The van der Waals surface area contributed by atoms with Gasteiger partial charge in [-0.3, -0.25) is 4.79 Å². The topological polar surface area (TPSA) is 113 Å². The number of nitrogens with zero attached hydrogens (tertiary/aromatic N) is 1. The van der Waals surface area contributed by atoms with Gasteiger partial charge in [-0.1, -0.05) is 12.1 Å². The van der Waals surface area contributed by atoms with Crippen molar-refractivity contribution in [3.8, 4) is 5.75 Å². The molecule has 1 fully saturated rings. The molecule has 0 unspecified atom stereocenters. The van der Waals surface area contributed by atoms with Crippen LogP contribution in [0.15, 0.2) is 24.3 Å². The monoisotopic (exact) mass is 370 g/mol. The minimum Gasteiger partial charge on any atom is -0.482 e. The van der Waals surface area contributed by atoms with Crippen LogP contribution in [0.4, 0.5) is 0 Å². The molecule has 2 rings (SSSR count). The molecule has 1 aromatic carbocycles. The normalized spacial score (nSPS) is 16.5. The molecule has 8 nitrogen and oxygen atoms in total. The maximum atomic E-state index is 11.8. The zero-order chi connectivity index (χ0) is 18.3. The molecule has 0 saturated carbocycles. The average molecular weight is 370 g/mol. The largest absolute Gasteiger partial charge is 0.482 e. The molecule has 138 valence electrons. The van der Waals surface area contributed by atoms with Crippen molar-refractivity contribution in [2.75, 3.05) is 32.0 Å². The predicted molar refractivity (Wildman–Crippen MR) is 90.9 cm³/mol. The maximum absolute atomic E-state index is 11.8. The van der Waals surface area contributed by atoms with Crippen LogP contribution in [0, 0.1) is 0 Å². The second kappa shape index (κ2) is 8.82. The molecule has 9 heteroatoms. The summed E-state index contributed by atoms with van der Waals surface area (Å²) in [5.41, 5.74) is 0.977. The van der Waals surface area contributed by atoms with Crippen LogP contribution in [0.3, 0.4) is 0 Å². The van der Waals surface area contributed by atoms with Crippen molar-refractivity contribution >= 4 is 21.9 Å². The number of rotatable bonds is 9. The lowest BCUT2D eigenvalue weighted by Crippen LogP contribution is -2.32. The van der Waals surface area contributed by atoms with Gasteiger partial charge in [-0.15, -0.1) is 0 Å². The molecular formula is C16H22N2O6S. The molecular weight excluding hydrogens is 348 g/mol. The molecule has 0 aromatic heterocycles. The fourth-order valence-electron chi connectivity index (χ4n) is 2.50. The Morgan fingerprint density at radius 1 is 1.24 bits per heavy atom. The molecule has 1 heterocycles. The van der Waals surface area contributed by atoms with E-state index in [2.05, 4.69) is 5.32 Å². The van der Waals surface area contributed by atoms with Crippen LogP contribution in [0.1, 0.15) is 18.4 Å². The Hall–Kier alpha value is -2.13. The first-order valence-electron chi connectivity index (χ1n) is 8.05. The molecule has 2 N–H and O–H groups in total. The van der Waals surface area contributed by atoms with E-state index < -0.39 is 16.0 Å². The number of carboxylic acids is 1. The van der Waals surface area contributed by atoms with Crippen molar-refractivity contribution < 1.29 is 27.9 Å². The molecule has 0 aliphatic carbocycles. The van der Waals surface area contributed by atoms with Crippen LogP contribution < -0.4 is 10.1 Å². The molecule has 0 atom stereocenters. The lowest BCUT2D eigenvalue weighted by atomic mass is 10.1. The van der Waals surface area contributed by atoms with E-state index in [9.17, 15) is 18.0 Å². The lowest BCUT2D eigenvalue weighted by Gasteiger charge is -2.13. The van der Waals surface area contributed by atoms with Gasteiger partial charge >= 0.3 is 5.97 Å². The summed E-state index contributed by atoms with van der Waals surface area (Å²) in [6.45, 7) is 0.777. The lowest BCUT2D eigenvalue weighted by molar-refractivity contribution is -0.139. The van der Waals surface area contributed by atoms with Crippen LogP contribution in [-0.2, 0) is 26.0 Å². The van der Waals surface area contributed by atoms with Gasteiger partial charge in [0, 0.05) is 26.1 Å². The van der Waals surface area contributed by atoms with Crippen LogP contribution in [0.2, 0.25) is 0 Å². The molecule has 1 saturated heterocycles. The number of benzene rings is 1. The third-order valence-electron chi connectivity index (χ3n) is 3.81. The van der Waals surface area contributed by atoms with Crippen molar-refractivity contribution in [2.24, 2.45) is 0 Å². The third-order valence-corrected chi connectivity index (χ3v) is 5.77. The maximum Gasteiger partial charge on any atom is 0.341 e. The summed E-state index contributed by atoms with van der Waals surface area (Å²) in [6.07, 6.45) is 1.39. The highest BCUT2D eigenvalue weighted by Gasteiger charge is 2.27. The van der Waals surface area contributed by atoms with Crippen LogP contribution >= 0.6 is 0 Å². The van der Waals surface area contributed by atoms with E-state index in [-0.39, 0.29) is 31.2 Å². The summed E-state index contributed by atoms with van der Waals surface area (Å²) in [5.74, 6) is -0.570. The van der Waals surface area contributed by atoms with Gasteiger partial charge < -0.3 is 15.2 Å². The van der Waals surface area contributed by atoms with Crippen LogP contribution in [0.25, 0.3) is 0 Å². The van der Waals surface area contributed by atoms with E-state index in [0.29, 0.717) is 31.7 Å². The van der Waals surface area contributed by atoms with Gasteiger partial charge in [-0.25, -0.2) is 17.5 Å². The molecule has 25 heavy (non-hydrogen) atoms. The van der Waals surface area contributed by atoms with E-state index in [1.807, 2.05) is 0 Å². The smallest absolute Gasteiger partial charge is 0.341 e. The van der Waals surface area contributed by atoms with Crippen molar-refractivity contribution in [3.63, 3.8) is 0 Å². The Morgan fingerprint density at radius 2 is 1.96 bits per heavy atom. The molecule has 1 amide bonds. The highest BCUT2D eigenvalue weighted by Crippen LogP contribution is 2.14. The average Bonchev–Trinajstić information content (AvgIpc) is 2.90. The molecule has 1 aliphatic heterocycles. The fourth-order valence-corrected chi connectivity index (χ4v) is 4.03. The number of carboxylic acid groups (broad SMARTS) is 1. The van der Waals surface area contributed by atoms with E-state index in [1.54, 1.807) is 24.3 Å². The first-order chi connectivity index (χ1) is 11.9. The number of sulfonamides is 1. The highest BCUT2D eigenvalue weighted by atomic mass is 32.2. The number of carbonyl (C=O) groups excluding carboxylic acids is 1. The first kappa shape index (κ1) is 19.2. The SMILES string of the molecule is O=C(O)COc1ccc(CCNC(=O)CCN2CCCS2(=O)=O)cc1. The molecule has 0 radical (unpaired) electrons. The zero-order valence-electron chi connectivity index (χ0n) is 13.8. The van der Waals surface area contributed by atoms with Crippen molar-refractivity contribution in [3.05, 3.63) is 29.8 Å². The van der Waals surface area contributed by atoms with Crippen LogP contribution in [0.5, 0.6) is 5.75 Å². The number of nitrogens with one attached hydrogen (secondary N) is 1. The van der Waals surface area contributed by atoms with Gasteiger partial charge in [0.2, 0.25) is 15.9 Å². The van der Waals surface area contributed by atoms with Gasteiger partial charge in [0.05, 0.1) is 5.75 Å². The summed E-state index contributed by atoms with van der Waals surface area (Å²) in [6, 6.07) is 6.97. The van der Waals surface area contributed by atoms with Crippen LogP contribution in [-0.4, -0.2) is 61.7 Å². The Labute approximate surface area is 146 Å². The summed E-state index contributed by atoms with van der Waals surface area (Å²) in [5, 5.41) is 11.3. The quantitative estimate of drug-likeness (QED) is 0.644. The van der Waals surface area contributed by atoms with Crippen molar-refractivity contribution in [2.45, 2.75) is 19.3 Å². The van der Waals surface area contributed by atoms with Crippen molar-refractivity contribution in [1.82, 2.24) is 9.62 Å². The molecule has 0 spiro atoms. The third kappa shape index (κ3) is 6.35. The summed E-state index contributed by atoms with van der Waals surface area (Å²) < 4.78 is 29.7. The minimum atomic E-state index is -3.16. The highest BCUT2D eigenvalue weighted by molar-refractivity contribution is 7.89. The number of hydrogen-bond acceptors (Lipinski definition) is 5. The number of hydrogen-bond donors (Lipinski definition) is 2. The number of amides is 1.